The maximum absolute atomic E-state index is 13.1. The van der Waals surface area contributed by atoms with Gasteiger partial charge in [0.1, 0.15) is 21.7 Å². The Kier molecular flexibility index (Phi) is 4.96. The molecule has 2 heterocycles. The van der Waals surface area contributed by atoms with Gasteiger partial charge in [-0.2, -0.15) is 0 Å². The zero-order chi connectivity index (χ0) is 18.1. The Morgan fingerprint density at radius 3 is 2.58 bits per heavy atom. The molecule has 1 aliphatic heterocycles. The number of amides is 1. The van der Waals surface area contributed by atoms with Gasteiger partial charge in [0.15, 0.2) is 0 Å². The molecule has 1 aliphatic carbocycles. The van der Waals surface area contributed by atoms with Crippen molar-refractivity contribution < 1.29 is 13.6 Å². The van der Waals surface area contributed by atoms with Crippen molar-refractivity contribution in [3.8, 4) is 11.3 Å². The van der Waals surface area contributed by atoms with E-state index in [1.165, 1.54) is 30.3 Å². The Morgan fingerprint density at radius 1 is 1.12 bits per heavy atom. The van der Waals surface area contributed by atoms with Crippen LogP contribution in [0.4, 0.5) is 4.39 Å². The van der Waals surface area contributed by atoms with Crippen molar-refractivity contribution in [3.63, 3.8) is 0 Å². The average Bonchev–Trinajstić information content (AvgIpc) is 3.21. The second-order valence-corrected chi connectivity index (χ2v) is 8.23. The van der Waals surface area contributed by atoms with Crippen LogP contribution in [-0.4, -0.2) is 21.2 Å². The molecule has 6 heteroatoms. The molecule has 4 rings (SSSR count). The van der Waals surface area contributed by atoms with E-state index in [1.54, 1.807) is 23.1 Å². The summed E-state index contributed by atoms with van der Waals surface area (Å²) >= 11 is 6.78. The highest BCUT2D eigenvalue weighted by molar-refractivity contribution is 8.26. The van der Waals surface area contributed by atoms with Crippen LogP contribution in [0.1, 0.15) is 37.9 Å². The Morgan fingerprint density at radius 2 is 1.85 bits per heavy atom. The lowest BCUT2D eigenvalue weighted by molar-refractivity contribution is -0.124. The number of rotatable bonds is 3. The molecule has 0 bridgehead atoms. The first-order chi connectivity index (χ1) is 12.6. The third-order valence-electron chi connectivity index (χ3n) is 4.79. The number of thiocarbonyl (C=S) groups is 1. The molecule has 3 nitrogen and oxygen atoms in total. The number of nitrogens with zero attached hydrogens (tertiary/aromatic N) is 1. The van der Waals surface area contributed by atoms with Crippen LogP contribution in [0.25, 0.3) is 17.4 Å². The van der Waals surface area contributed by atoms with Gasteiger partial charge in [0.05, 0.1) is 4.91 Å². The lowest BCUT2D eigenvalue weighted by atomic mass is 9.94. The smallest absolute Gasteiger partial charge is 0.266 e. The highest BCUT2D eigenvalue weighted by Gasteiger charge is 2.37. The summed E-state index contributed by atoms with van der Waals surface area (Å²) in [6.45, 7) is 0. The molecule has 134 valence electrons. The normalized spacial score (nSPS) is 20.3. The Balaban J connectivity index is 1.54. The molecule has 26 heavy (non-hydrogen) atoms. The Bertz CT molecular complexity index is 866. The molecule has 1 amide bonds. The molecule has 1 saturated carbocycles. The molecule has 0 N–H and O–H groups in total. The standard InChI is InChI=1S/C20H18FNO2S2/c21-14-8-6-13(7-9-14)17-11-10-16(24-17)12-18-19(23)22(20(25)26-18)15-4-2-1-3-5-15/h6-12,15H,1-5H2. The molecule has 2 aliphatic rings. The van der Waals surface area contributed by atoms with Crippen LogP contribution in [0.3, 0.4) is 0 Å². The number of benzene rings is 1. The van der Waals surface area contributed by atoms with Gasteiger partial charge in [-0.25, -0.2) is 4.39 Å². The van der Waals surface area contributed by atoms with Crippen molar-refractivity contribution in [2.75, 3.05) is 0 Å². The largest absolute Gasteiger partial charge is 0.457 e. The summed E-state index contributed by atoms with van der Waals surface area (Å²) in [5, 5.41) is 0. The van der Waals surface area contributed by atoms with Crippen LogP contribution in [0.2, 0.25) is 0 Å². The predicted octanol–water partition coefficient (Wildman–Crippen LogP) is 5.62. The minimum Gasteiger partial charge on any atom is -0.457 e. The lowest BCUT2D eigenvalue weighted by Crippen LogP contribution is -2.39. The maximum atomic E-state index is 13.1. The number of hydrogen-bond acceptors (Lipinski definition) is 4. The first kappa shape index (κ1) is 17.5. The van der Waals surface area contributed by atoms with Gasteiger partial charge >= 0.3 is 0 Å². The lowest BCUT2D eigenvalue weighted by Gasteiger charge is -2.29. The molecule has 2 fully saturated rings. The topological polar surface area (TPSA) is 33.5 Å². The average molecular weight is 388 g/mol. The highest BCUT2D eigenvalue weighted by atomic mass is 32.2. The molecule has 0 spiro atoms. The summed E-state index contributed by atoms with van der Waals surface area (Å²) in [5.41, 5.74) is 0.792. The molecule has 2 aromatic rings. The molecule has 0 unspecified atom stereocenters. The van der Waals surface area contributed by atoms with Gasteiger partial charge in [0, 0.05) is 17.7 Å². The quantitative estimate of drug-likeness (QED) is 0.506. The van der Waals surface area contributed by atoms with Crippen molar-refractivity contribution in [2.45, 2.75) is 38.1 Å². The summed E-state index contributed by atoms with van der Waals surface area (Å²) in [6.07, 6.45) is 7.33. The number of halogens is 1. The van der Waals surface area contributed by atoms with Crippen molar-refractivity contribution in [2.24, 2.45) is 0 Å². The number of furan rings is 1. The molecule has 0 atom stereocenters. The van der Waals surface area contributed by atoms with E-state index in [9.17, 15) is 9.18 Å². The van der Waals surface area contributed by atoms with Crippen LogP contribution < -0.4 is 0 Å². The second kappa shape index (κ2) is 7.37. The molecule has 1 aromatic heterocycles. The summed E-state index contributed by atoms with van der Waals surface area (Å²) in [7, 11) is 0. The van der Waals surface area contributed by atoms with E-state index in [2.05, 4.69) is 0 Å². The first-order valence-electron chi connectivity index (χ1n) is 8.75. The third-order valence-corrected chi connectivity index (χ3v) is 6.12. The van der Waals surface area contributed by atoms with Crippen molar-refractivity contribution in [3.05, 3.63) is 52.9 Å². The van der Waals surface area contributed by atoms with E-state index in [1.807, 2.05) is 12.1 Å². The van der Waals surface area contributed by atoms with E-state index in [0.29, 0.717) is 20.7 Å². The fourth-order valence-corrected chi connectivity index (χ4v) is 4.84. The fraction of sp³-hybridized carbons (Fsp3) is 0.300. The number of thioether (sulfide) groups is 1. The number of hydrogen-bond donors (Lipinski definition) is 0. The maximum Gasteiger partial charge on any atom is 0.266 e. The van der Waals surface area contributed by atoms with Gasteiger partial charge in [-0.1, -0.05) is 43.2 Å². The van der Waals surface area contributed by atoms with E-state index >= 15 is 0 Å². The van der Waals surface area contributed by atoms with Gasteiger partial charge in [0.2, 0.25) is 0 Å². The third kappa shape index (κ3) is 3.48. The SMILES string of the molecule is O=C1C(=Cc2ccc(-c3ccc(F)cc3)o2)SC(=S)N1C1CCCCC1. The minimum atomic E-state index is -0.285. The number of carbonyl (C=O) groups excluding carboxylic acids is 1. The molecular formula is C20H18FNO2S2. The fourth-order valence-electron chi connectivity index (χ4n) is 3.46. The summed E-state index contributed by atoms with van der Waals surface area (Å²) < 4.78 is 19.5. The zero-order valence-electron chi connectivity index (χ0n) is 14.1. The molecular weight excluding hydrogens is 369 g/mol. The minimum absolute atomic E-state index is 0.0216. The van der Waals surface area contributed by atoms with Crippen molar-refractivity contribution in [1.82, 2.24) is 4.90 Å². The van der Waals surface area contributed by atoms with Crippen LogP contribution >= 0.6 is 24.0 Å². The molecule has 1 saturated heterocycles. The summed E-state index contributed by atoms with van der Waals surface area (Å²) in [5.74, 6) is 0.922. The van der Waals surface area contributed by atoms with Crippen LogP contribution in [0, 0.1) is 5.82 Å². The highest BCUT2D eigenvalue weighted by Crippen LogP contribution is 2.37. The zero-order valence-corrected chi connectivity index (χ0v) is 15.7. The molecule has 1 aromatic carbocycles. The Labute approximate surface area is 161 Å². The van der Waals surface area contributed by atoms with E-state index < -0.39 is 0 Å². The van der Waals surface area contributed by atoms with Gasteiger partial charge in [0.25, 0.3) is 5.91 Å². The van der Waals surface area contributed by atoms with E-state index in [-0.39, 0.29) is 17.8 Å². The van der Waals surface area contributed by atoms with Gasteiger partial charge in [-0.15, -0.1) is 0 Å². The first-order valence-corrected chi connectivity index (χ1v) is 9.97. The van der Waals surface area contributed by atoms with E-state index in [4.69, 9.17) is 16.6 Å². The monoisotopic (exact) mass is 387 g/mol. The Hall–Kier alpha value is -1.92. The summed E-state index contributed by atoms with van der Waals surface area (Å²) in [4.78, 5) is 15.2. The van der Waals surface area contributed by atoms with Crippen LogP contribution in [0.15, 0.2) is 45.7 Å². The van der Waals surface area contributed by atoms with Gasteiger partial charge in [-0.3, -0.25) is 9.69 Å². The van der Waals surface area contributed by atoms with Crippen molar-refractivity contribution in [1.29, 1.82) is 0 Å². The van der Waals surface area contributed by atoms with Crippen LogP contribution in [0.5, 0.6) is 0 Å². The second-order valence-electron chi connectivity index (χ2n) is 6.55. The van der Waals surface area contributed by atoms with Crippen LogP contribution in [-0.2, 0) is 4.79 Å². The van der Waals surface area contributed by atoms with Gasteiger partial charge in [-0.05, 0) is 49.2 Å². The van der Waals surface area contributed by atoms with Crippen molar-refractivity contribution >= 4 is 40.3 Å². The summed E-state index contributed by atoms with van der Waals surface area (Å²) in [6, 6.07) is 9.99. The van der Waals surface area contributed by atoms with Gasteiger partial charge < -0.3 is 4.42 Å². The van der Waals surface area contributed by atoms with E-state index in [0.717, 1.165) is 31.2 Å². The predicted molar refractivity (Wildman–Crippen MR) is 106 cm³/mol. The molecule has 0 radical (unpaired) electrons. The number of carbonyl (C=O) groups is 1.